The summed E-state index contributed by atoms with van der Waals surface area (Å²) in [6.07, 6.45) is 2.99. The SMILES string of the molecule is CC1CC(=O)Nc2ccccc2N1C(=O)Cn1cnc2c(cnn2-c2ccccc2)c1=O. The molecule has 4 aromatic rings. The van der Waals surface area contributed by atoms with Gasteiger partial charge in [-0.1, -0.05) is 30.3 Å². The number of fused-ring (bicyclic) bond motifs is 2. The van der Waals surface area contributed by atoms with Crippen LogP contribution in [0.15, 0.2) is 71.9 Å². The van der Waals surface area contributed by atoms with Crippen LogP contribution in [-0.2, 0) is 16.1 Å². The summed E-state index contributed by atoms with van der Waals surface area (Å²) in [6.45, 7) is 1.61. The molecule has 0 saturated carbocycles. The van der Waals surface area contributed by atoms with E-state index in [2.05, 4.69) is 15.4 Å². The summed E-state index contributed by atoms with van der Waals surface area (Å²) in [5.74, 6) is -0.464. The third-order valence-corrected chi connectivity index (χ3v) is 5.49. The Morgan fingerprint density at radius 3 is 2.66 bits per heavy atom. The summed E-state index contributed by atoms with van der Waals surface area (Å²) in [7, 11) is 0. The van der Waals surface area contributed by atoms with Crippen LogP contribution in [0.5, 0.6) is 0 Å². The highest BCUT2D eigenvalue weighted by Gasteiger charge is 2.30. The molecule has 1 unspecified atom stereocenters. The van der Waals surface area contributed by atoms with Crippen LogP contribution in [0.3, 0.4) is 0 Å². The topological polar surface area (TPSA) is 102 Å². The zero-order chi connectivity index (χ0) is 22.2. The van der Waals surface area contributed by atoms with Crippen molar-refractivity contribution in [1.82, 2.24) is 19.3 Å². The van der Waals surface area contributed by atoms with Crippen molar-refractivity contribution in [2.75, 3.05) is 10.2 Å². The number of anilines is 2. The molecule has 2 aromatic heterocycles. The Morgan fingerprint density at radius 1 is 1.09 bits per heavy atom. The summed E-state index contributed by atoms with van der Waals surface area (Å²) in [6, 6.07) is 16.2. The Bertz CT molecular complexity index is 1390. The fourth-order valence-electron chi connectivity index (χ4n) is 4.01. The molecule has 2 amide bonds. The number of hydrogen-bond donors (Lipinski definition) is 1. The minimum atomic E-state index is -0.362. The lowest BCUT2D eigenvalue weighted by Crippen LogP contribution is -2.42. The minimum absolute atomic E-state index is 0.158. The molecule has 0 bridgehead atoms. The number of aromatic nitrogens is 4. The molecule has 1 N–H and O–H groups in total. The van der Waals surface area contributed by atoms with Crippen molar-refractivity contribution < 1.29 is 9.59 Å². The molecule has 32 heavy (non-hydrogen) atoms. The molecule has 1 aliphatic heterocycles. The minimum Gasteiger partial charge on any atom is -0.324 e. The maximum absolute atomic E-state index is 13.3. The summed E-state index contributed by atoms with van der Waals surface area (Å²) < 4.78 is 2.87. The second-order valence-electron chi connectivity index (χ2n) is 7.69. The van der Waals surface area contributed by atoms with E-state index in [0.717, 1.165) is 5.69 Å². The van der Waals surface area contributed by atoms with Crippen LogP contribution < -0.4 is 15.8 Å². The molecular weight excluding hydrogens is 408 g/mol. The van der Waals surface area contributed by atoms with E-state index in [-0.39, 0.29) is 36.4 Å². The van der Waals surface area contributed by atoms with Gasteiger partial charge in [-0.25, -0.2) is 9.67 Å². The van der Waals surface area contributed by atoms with Gasteiger partial charge in [0.15, 0.2) is 5.65 Å². The van der Waals surface area contributed by atoms with Crippen molar-refractivity contribution in [3.63, 3.8) is 0 Å². The number of benzene rings is 2. The van der Waals surface area contributed by atoms with Gasteiger partial charge in [-0.2, -0.15) is 5.10 Å². The average Bonchev–Trinajstić information content (AvgIpc) is 3.17. The number of rotatable bonds is 3. The van der Waals surface area contributed by atoms with Gasteiger partial charge in [-0.15, -0.1) is 0 Å². The highest BCUT2D eigenvalue weighted by molar-refractivity contribution is 6.04. The molecule has 0 radical (unpaired) electrons. The first kappa shape index (κ1) is 19.7. The first-order chi connectivity index (χ1) is 15.5. The number of para-hydroxylation sites is 3. The monoisotopic (exact) mass is 428 g/mol. The maximum atomic E-state index is 13.3. The normalized spacial score (nSPS) is 15.8. The van der Waals surface area contributed by atoms with E-state index in [9.17, 15) is 14.4 Å². The van der Waals surface area contributed by atoms with Gasteiger partial charge in [0.05, 0.1) is 23.3 Å². The van der Waals surface area contributed by atoms with E-state index in [4.69, 9.17) is 0 Å². The van der Waals surface area contributed by atoms with Crippen LogP contribution in [0.1, 0.15) is 13.3 Å². The van der Waals surface area contributed by atoms with Crippen LogP contribution in [0.4, 0.5) is 11.4 Å². The smallest absolute Gasteiger partial charge is 0.264 e. The van der Waals surface area contributed by atoms with Gasteiger partial charge < -0.3 is 10.2 Å². The van der Waals surface area contributed by atoms with E-state index in [1.165, 1.54) is 17.1 Å². The third-order valence-electron chi connectivity index (χ3n) is 5.49. The van der Waals surface area contributed by atoms with Crippen LogP contribution in [0.25, 0.3) is 16.7 Å². The summed E-state index contributed by atoms with van der Waals surface area (Å²) in [5.41, 5.74) is 2.04. The van der Waals surface area contributed by atoms with Crippen molar-refractivity contribution in [2.24, 2.45) is 0 Å². The third kappa shape index (κ3) is 3.33. The van der Waals surface area contributed by atoms with Gasteiger partial charge >= 0.3 is 0 Å². The van der Waals surface area contributed by atoms with Crippen LogP contribution in [0, 0.1) is 0 Å². The van der Waals surface area contributed by atoms with Crippen LogP contribution >= 0.6 is 0 Å². The van der Waals surface area contributed by atoms with Gasteiger partial charge in [0.2, 0.25) is 11.8 Å². The van der Waals surface area contributed by atoms with E-state index in [1.807, 2.05) is 37.3 Å². The number of amides is 2. The van der Waals surface area contributed by atoms with Crippen molar-refractivity contribution in [1.29, 1.82) is 0 Å². The molecule has 0 aliphatic carbocycles. The van der Waals surface area contributed by atoms with Gasteiger partial charge in [0, 0.05) is 12.5 Å². The summed E-state index contributed by atoms with van der Waals surface area (Å²) in [5, 5.41) is 7.45. The molecule has 0 spiro atoms. The second kappa shape index (κ2) is 7.77. The zero-order valence-corrected chi connectivity index (χ0v) is 17.3. The second-order valence-corrected chi connectivity index (χ2v) is 7.69. The zero-order valence-electron chi connectivity index (χ0n) is 17.3. The van der Waals surface area contributed by atoms with Crippen molar-refractivity contribution >= 4 is 34.2 Å². The van der Waals surface area contributed by atoms with Gasteiger partial charge in [-0.05, 0) is 31.2 Å². The van der Waals surface area contributed by atoms with E-state index in [1.54, 1.807) is 33.8 Å². The fraction of sp³-hybridized carbons (Fsp3) is 0.174. The molecule has 9 heteroatoms. The Hall–Kier alpha value is -4.27. The molecule has 1 aliphatic rings. The van der Waals surface area contributed by atoms with Gasteiger partial charge in [0.1, 0.15) is 18.3 Å². The fourth-order valence-corrected chi connectivity index (χ4v) is 4.01. The van der Waals surface area contributed by atoms with Crippen molar-refractivity contribution in [2.45, 2.75) is 25.9 Å². The molecule has 160 valence electrons. The van der Waals surface area contributed by atoms with Crippen molar-refractivity contribution in [3.05, 3.63) is 77.5 Å². The number of nitrogens with zero attached hydrogens (tertiary/aromatic N) is 5. The predicted molar refractivity (Wildman–Crippen MR) is 120 cm³/mol. The summed E-state index contributed by atoms with van der Waals surface area (Å²) >= 11 is 0. The van der Waals surface area contributed by atoms with Gasteiger partial charge in [-0.3, -0.25) is 19.0 Å². The Balaban J connectivity index is 1.50. The van der Waals surface area contributed by atoms with E-state index >= 15 is 0 Å². The Kier molecular flexibility index (Phi) is 4.78. The van der Waals surface area contributed by atoms with Gasteiger partial charge in [0.25, 0.3) is 5.56 Å². The first-order valence-electron chi connectivity index (χ1n) is 10.2. The number of nitrogens with one attached hydrogen (secondary N) is 1. The molecule has 2 aromatic carbocycles. The molecular formula is C23H20N6O3. The quantitative estimate of drug-likeness (QED) is 0.540. The Morgan fingerprint density at radius 2 is 1.84 bits per heavy atom. The lowest BCUT2D eigenvalue weighted by molar-refractivity contribution is -0.120. The molecule has 9 nitrogen and oxygen atoms in total. The van der Waals surface area contributed by atoms with E-state index in [0.29, 0.717) is 22.4 Å². The largest absolute Gasteiger partial charge is 0.324 e. The predicted octanol–water partition coefficient (Wildman–Crippen LogP) is 2.35. The number of hydrogen-bond acceptors (Lipinski definition) is 5. The molecule has 1 atom stereocenters. The highest BCUT2D eigenvalue weighted by Crippen LogP contribution is 2.31. The lowest BCUT2D eigenvalue weighted by atomic mass is 10.1. The lowest BCUT2D eigenvalue weighted by Gasteiger charge is -2.28. The Labute approximate surface area is 182 Å². The maximum Gasteiger partial charge on any atom is 0.264 e. The molecule has 3 heterocycles. The molecule has 0 saturated heterocycles. The number of carbonyl (C=O) groups excluding carboxylic acids is 2. The van der Waals surface area contributed by atoms with Crippen molar-refractivity contribution in [3.8, 4) is 5.69 Å². The number of carbonyl (C=O) groups is 2. The molecule has 5 rings (SSSR count). The molecule has 0 fully saturated rings. The van der Waals surface area contributed by atoms with Crippen LogP contribution in [-0.4, -0.2) is 37.2 Å². The van der Waals surface area contributed by atoms with Crippen LogP contribution in [0.2, 0.25) is 0 Å². The standard InChI is InChI=1S/C23H20N6O3/c1-15-11-20(30)26-18-9-5-6-10-19(18)28(15)21(31)13-27-14-24-22-17(23(27)32)12-25-29(22)16-7-3-2-4-8-16/h2-10,12,14-15H,11,13H2,1H3,(H,26,30). The highest BCUT2D eigenvalue weighted by atomic mass is 16.2. The summed E-state index contributed by atoms with van der Waals surface area (Å²) in [4.78, 5) is 44.5. The van der Waals surface area contributed by atoms with E-state index < -0.39 is 0 Å². The first-order valence-corrected chi connectivity index (χ1v) is 10.2. The average molecular weight is 428 g/mol.